The van der Waals surface area contributed by atoms with Gasteiger partial charge in [-0.2, -0.15) is 0 Å². The van der Waals surface area contributed by atoms with Gasteiger partial charge in [0.05, 0.1) is 5.02 Å². The summed E-state index contributed by atoms with van der Waals surface area (Å²) in [6.45, 7) is 1.86. The van der Waals surface area contributed by atoms with Crippen molar-refractivity contribution in [1.82, 2.24) is 0 Å². The highest BCUT2D eigenvalue weighted by molar-refractivity contribution is 6.30. The molecule has 2 aromatic carbocycles. The summed E-state index contributed by atoms with van der Waals surface area (Å²) in [7, 11) is 0. The van der Waals surface area contributed by atoms with E-state index < -0.39 is 11.6 Å². The van der Waals surface area contributed by atoms with Crippen molar-refractivity contribution in [3.05, 3.63) is 58.1 Å². The highest BCUT2D eigenvalue weighted by atomic mass is 35.5. The first kappa shape index (κ1) is 13.6. The fraction of sp³-hybridized carbons (Fsp3) is 0.143. The molecule has 0 aliphatic heterocycles. The molecule has 0 amide bonds. The standard InChI is InChI=1S/C14H12ClF2NO/c1-8-4-14(12(17)6-13(8)18)19-7-9-2-3-11(16)10(15)5-9/h2-6H,7,18H2,1H3. The zero-order valence-electron chi connectivity index (χ0n) is 10.2. The van der Waals surface area contributed by atoms with E-state index in [2.05, 4.69) is 0 Å². The lowest BCUT2D eigenvalue weighted by molar-refractivity contribution is 0.290. The SMILES string of the molecule is Cc1cc(OCc2ccc(F)c(Cl)c2)c(F)cc1N. The Kier molecular flexibility index (Phi) is 3.90. The van der Waals surface area contributed by atoms with Crippen LogP contribution in [0.4, 0.5) is 14.5 Å². The van der Waals surface area contributed by atoms with E-state index in [1.54, 1.807) is 6.92 Å². The van der Waals surface area contributed by atoms with E-state index >= 15 is 0 Å². The zero-order valence-corrected chi connectivity index (χ0v) is 11.0. The molecule has 5 heteroatoms. The van der Waals surface area contributed by atoms with Gasteiger partial charge in [0.2, 0.25) is 0 Å². The number of anilines is 1. The summed E-state index contributed by atoms with van der Waals surface area (Å²) in [5.74, 6) is -0.927. The van der Waals surface area contributed by atoms with Crippen LogP contribution in [0.2, 0.25) is 5.02 Å². The van der Waals surface area contributed by atoms with E-state index in [9.17, 15) is 8.78 Å². The van der Waals surface area contributed by atoms with Gasteiger partial charge >= 0.3 is 0 Å². The van der Waals surface area contributed by atoms with Crippen LogP contribution in [0, 0.1) is 18.6 Å². The van der Waals surface area contributed by atoms with Crippen LogP contribution in [0.1, 0.15) is 11.1 Å². The van der Waals surface area contributed by atoms with Crippen molar-refractivity contribution in [1.29, 1.82) is 0 Å². The number of nitrogen functional groups attached to an aromatic ring is 1. The Balaban J connectivity index is 2.14. The summed E-state index contributed by atoms with van der Waals surface area (Å²) < 4.78 is 31.9. The van der Waals surface area contributed by atoms with Crippen LogP contribution in [0.3, 0.4) is 0 Å². The van der Waals surface area contributed by atoms with Crippen LogP contribution in [0.5, 0.6) is 5.75 Å². The first-order valence-corrected chi connectivity index (χ1v) is 5.97. The second-order valence-corrected chi connectivity index (χ2v) is 4.58. The minimum absolute atomic E-state index is 0.00931. The Morgan fingerprint density at radius 3 is 2.58 bits per heavy atom. The molecular weight excluding hydrogens is 272 g/mol. The number of halogens is 3. The second kappa shape index (κ2) is 5.45. The molecule has 0 radical (unpaired) electrons. The van der Waals surface area contributed by atoms with E-state index in [1.165, 1.54) is 30.3 Å². The second-order valence-electron chi connectivity index (χ2n) is 4.18. The Labute approximate surface area is 114 Å². The largest absolute Gasteiger partial charge is 0.486 e. The first-order valence-electron chi connectivity index (χ1n) is 5.59. The summed E-state index contributed by atoms with van der Waals surface area (Å²) >= 11 is 5.65. The molecule has 0 spiro atoms. The minimum Gasteiger partial charge on any atom is -0.486 e. The van der Waals surface area contributed by atoms with Crippen LogP contribution < -0.4 is 10.5 Å². The van der Waals surface area contributed by atoms with E-state index in [0.29, 0.717) is 11.3 Å². The number of hydrogen-bond acceptors (Lipinski definition) is 2. The molecule has 0 aromatic heterocycles. The Morgan fingerprint density at radius 2 is 1.89 bits per heavy atom. The smallest absolute Gasteiger partial charge is 0.167 e. The number of nitrogens with two attached hydrogens (primary N) is 1. The fourth-order valence-corrected chi connectivity index (χ4v) is 1.77. The third kappa shape index (κ3) is 3.15. The van der Waals surface area contributed by atoms with Gasteiger partial charge in [-0.1, -0.05) is 17.7 Å². The van der Waals surface area contributed by atoms with Gasteiger partial charge in [0.15, 0.2) is 11.6 Å². The van der Waals surface area contributed by atoms with Crippen molar-refractivity contribution in [2.75, 3.05) is 5.73 Å². The van der Waals surface area contributed by atoms with Crippen molar-refractivity contribution < 1.29 is 13.5 Å². The van der Waals surface area contributed by atoms with Crippen molar-refractivity contribution in [3.8, 4) is 5.75 Å². The van der Waals surface area contributed by atoms with Gasteiger partial charge in [0.25, 0.3) is 0 Å². The van der Waals surface area contributed by atoms with Crippen molar-refractivity contribution in [2.24, 2.45) is 0 Å². The molecule has 0 heterocycles. The lowest BCUT2D eigenvalue weighted by Crippen LogP contribution is -2.00. The van der Waals surface area contributed by atoms with Gasteiger partial charge in [-0.15, -0.1) is 0 Å². The number of benzene rings is 2. The molecular formula is C14H12ClF2NO. The molecule has 0 atom stereocenters. The van der Waals surface area contributed by atoms with Gasteiger partial charge < -0.3 is 10.5 Å². The van der Waals surface area contributed by atoms with Crippen LogP contribution in [0.15, 0.2) is 30.3 Å². The minimum atomic E-state index is -0.531. The van der Waals surface area contributed by atoms with Crippen LogP contribution in [-0.4, -0.2) is 0 Å². The van der Waals surface area contributed by atoms with Gasteiger partial charge in [0, 0.05) is 11.8 Å². The van der Waals surface area contributed by atoms with Gasteiger partial charge in [-0.25, -0.2) is 8.78 Å². The Bertz CT molecular complexity index is 617. The molecule has 100 valence electrons. The molecule has 0 bridgehead atoms. The quantitative estimate of drug-likeness (QED) is 0.861. The van der Waals surface area contributed by atoms with Crippen LogP contribution >= 0.6 is 11.6 Å². The van der Waals surface area contributed by atoms with Gasteiger partial charge in [-0.3, -0.25) is 0 Å². The van der Waals surface area contributed by atoms with Crippen molar-refractivity contribution in [3.63, 3.8) is 0 Å². The fourth-order valence-electron chi connectivity index (χ4n) is 1.57. The number of hydrogen-bond donors (Lipinski definition) is 1. The van der Waals surface area contributed by atoms with E-state index in [1.807, 2.05) is 0 Å². The molecule has 2 aromatic rings. The average molecular weight is 284 g/mol. The summed E-state index contributed by atoms with van der Waals surface area (Å²) in [5.41, 5.74) is 7.33. The Hall–Kier alpha value is -1.81. The van der Waals surface area contributed by atoms with E-state index in [-0.39, 0.29) is 17.4 Å². The lowest BCUT2D eigenvalue weighted by atomic mass is 10.2. The number of rotatable bonds is 3. The average Bonchev–Trinajstić information content (AvgIpc) is 2.36. The van der Waals surface area contributed by atoms with Gasteiger partial charge in [-0.05, 0) is 36.2 Å². The molecule has 2 N–H and O–H groups in total. The molecule has 0 saturated heterocycles. The summed E-state index contributed by atoms with van der Waals surface area (Å²) in [5, 5.41) is 0.00931. The molecule has 0 saturated carbocycles. The normalized spacial score (nSPS) is 10.5. The number of ether oxygens (including phenoxy) is 1. The molecule has 2 nitrogen and oxygen atoms in total. The topological polar surface area (TPSA) is 35.2 Å². The summed E-state index contributed by atoms with van der Waals surface area (Å²) in [4.78, 5) is 0. The maximum Gasteiger partial charge on any atom is 0.167 e. The summed E-state index contributed by atoms with van der Waals surface area (Å²) in [6, 6.07) is 6.95. The molecule has 19 heavy (non-hydrogen) atoms. The molecule has 0 unspecified atom stereocenters. The summed E-state index contributed by atoms with van der Waals surface area (Å²) in [6.07, 6.45) is 0. The molecule has 0 aliphatic rings. The molecule has 0 aliphatic carbocycles. The molecule has 2 rings (SSSR count). The first-order chi connectivity index (χ1) is 8.97. The predicted octanol–water partition coefficient (Wildman–Crippen LogP) is 4.09. The van der Waals surface area contributed by atoms with Crippen LogP contribution in [0.25, 0.3) is 0 Å². The van der Waals surface area contributed by atoms with Crippen LogP contribution in [-0.2, 0) is 6.61 Å². The lowest BCUT2D eigenvalue weighted by Gasteiger charge is -2.10. The highest BCUT2D eigenvalue weighted by Crippen LogP contribution is 2.25. The van der Waals surface area contributed by atoms with Crippen molar-refractivity contribution >= 4 is 17.3 Å². The van der Waals surface area contributed by atoms with Crippen molar-refractivity contribution in [2.45, 2.75) is 13.5 Å². The highest BCUT2D eigenvalue weighted by Gasteiger charge is 2.08. The predicted molar refractivity (Wildman–Crippen MR) is 71.3 cm³/mol. The Morgan fingerprint density at radius 1 is 1.16 bits per heavy atom. The molecule has 0 fully saturated rings. The monoisotopic (exact) mass is 283 g/mol. The maximum absolute atomic E-state index is 13.6. The zero-order chi connectivity index (χ0) is 14.0. The number of aryl methyl sites for hydroxylation is 1. The van der Waals surface area contributed by atoms with E-state index in [0.717, 1.165) is 5.56 Å². The van der Waals surface area contributed by atoms with E-state index in [4.69, 9.17) is 22.1 Å². The maximum atomic E-state index is 13.6. The van der Waals surface area contributed by atoms with Gasteiger partial charge in [0.1, 0.15) is 12.4 Å². The third-order valence-corrected chi connectivity index (χ3v) is 2.99. The third-order valence-electron chi connectivity index (χ3n) is 2.70.